The number of ether oxygens (including phenoxy) is 2. The van der Waals surface area contributed by atoms with Crippen molar-refractivity contribution in [2.75, 3.05) is 14.2 Å². The van der Waals surface area contributed by atoms with Gasteiger partial charge in [-0.1, -0.05) is 42.1 Å². The van der Waals surface area contributed by atoms with Crippen molar-refractivity contribution in [2.24, 2.45) is 0 Å². The van der Waals surface area contributed by atoms with E-state index < -0.39 is 5.97 Å². The quantitative estimate of drug-likeness (QED) is 0.318. The van der Waals surface area contributed by atoms with Crippen molar-refractivity contribution in [1.82, 2.24) is 14.8 Å². The van der Waals surface area contributed by atoms with E-state index in [0.29, 0.717) is 16.7 Å². The van der Waals surface area contributed by atoms with Crippen molar-refractivity contribution in [3.8, 4) is 22.8 Å². The van der Waals surface area contributed by atoms with Crippen LogP contribution in [0.4, 0.5) is 0 Å². The zero-order valence-electron chi connectivity index (χ0n) is 16.4. The first-order valence-corrected chi connectivity index (χ1v) is 10.1. The van der Waals surface area contributed by atoms with Crippen molar-refractivity contribution >= 4 is 17.7 Å². The number of hydrogen-bond donors (Lipinski definition) is 0. The number of furan rings is 1. The summed E-state index contributed by atoms with van der Waals surface area (Å²) in [4.78, 5) is 11.6. The Labute approximate surface area is 177 Å². The summed E-state index contributed by atoms with van der Waals surface area (Å²) in [7, 11) is 2.96. The summed E-state index contributed by atoms with van der Waals surface area (Å²) in [6, 6.07) is 20.9. The highest BCUT2D eigenvalue weighted by Crippen LogP contribution is 2.30. The molecule has 0 fully saturated rings. The second-order valence-corrected chi connectivity index (χ2v) is 7.19. The van der Waals surface area contributed by atoms with Gasteiger partial charge in [-0.25, -0.2) is 4.79 Å². The molecule has 0 amide bonds. The smallest absolute Gasteiger partial charge is 0.373 e. The third kappa shape index (κ3) is 4.08. The lowest BCUT2D eigenvalue weighted by molar-refractivity contribution is 0.0563. The molecule has 0 radical (unpaired) electrons. The summed E-state index contributed by atoms with van der Waals surface area (Å²) in [5.41, 5.74) is 1.87. The van der Waals surface area contributed by atoms with Crippen LogP contribution >= 0.6 is 11.8 Å². The van der Waals surface area contributed by atoms with Crippen LogP contribution in [0, 0.1) is 0 Å². The molecular formula is C22H19N3O4S. The SMILES string of the molecule is COC(=O)c1ccc(CSc2nnc(-c3ccccc3)n2-c2ccc(OC)cc2)o1. The van der Waals surface area contributed by atoms with Gasteiger partial charge in [-0.15, -0.1) is 10.2 Å². The van der Waals surface area contributed by atoms with Crippen LogP contribution in [0.2, 0.25) is 0 Å². The number of hydrogen-bond acceptors (Lipinski definition) is 7. The zero-order chi connectivity index (χ0) is 20.9. The minimum Gasteiger partial charge on any atom is -0.497 e. The number of thioether (sulfide) groups is 1. The molecule has 0 aliphatic heterocycles. The maximum atomic E-state index is 11.6. The predicted octanol–water partition coefficient (Wildman–Crippen LogP) is 4.61. The number of aromatic nitrogens is 3. The molecule has 0 saturated carbocycles. The third-order valence-electron chi connectivity index (χ3n) is 4.39. The molecule has 0 unspecified atom stereocenters. The number of carbonyl (C=O) groups is 1. The van der Waals surface area contributed by atoms with Crippen molar-refractivity contribution in [3.05, 3.63) is 78.3 Å². The Morgan fingerprint density at radius 3 is 2.47 bits per heavy atom. The first-order chi connectivity index (χ1) is 14.7. The van der Waals surface area contributed by atoms with E-state index in [2.05, 4.69) is 14.9 Å². The highest BCUT2D eigenvalue weighted by Gasteiger charge is 2.18. The van der Waals surface area contributed by atoms with Gasteiger partial charge in [-0.2, -0.15) is 0 Å². The van der Waals surface area contributed by atoms with Crippen LogP contribution in [0.3, 0.4) is 0 Å². The third-order valence-corrected chi connectivity index (χ3v) is 5.34. The van der Waals surface area contributed by atoms with Crippen molar-refractivity contribution < 1.29 is 18.7 Å². The van der Waals surface area contributed by atoms with Crippen LogP contribution < -0.4 is 4.74 Å². The van der Waals surface area contributed by atoms with Crippen LogP contribution in [0.1, 0.15) is 16.3 Å². The van der Waals surface area contributed by atoms with Crippen molar-refractivity contribution in [1.29, 1.82) is 0 Å². The van der Waals surface area contributed by atoms with Crippen LogP contribution in [0.25, 0.3) is 17.1 Å². The summed E-state index contributed by atoms with van der Waals surface area (Å²) in [6.07, 6.45) is 0. The number of benzene rings is 2. The first kappa shape index (κ1) is 19.8. The second-order valence-electron chi connectivity index (χ2n) is 6.25. The summed E-state index contributed by atoms with van der Waals surface area (Å²) in [5, 5.41) is 9.52. The Balaban J connectivity index is 1.66. The van der Waals surface area contributed by atoms with Gasteiger partial charge in [0.1, 0.15) is 11.5 Å². The summed E-state index contributed by atoms with van der Waals surface area (Å²) in [6.45, 7) is 0. The normalized spacial score (nSPS) is 10.7. The number of rotatable bonds is 7. The lowest BCUT2D eigenvalue weighted by atomic mass is 10.2. The minimum absolute atomic E-state index is 0.176. The molecule has 152 valence electrons. The van der Waals surface area contributed by atoms with Gasteiger partial charge in [-0.3, -0.25) is 4.57 Å². The van der Waals surface area contributed by atoms with E-state index in [1.54, 1.807) is 19.2 Å². The molecule has 0 spiro atoms. The van der Waals surface area contributed by atoms with Crippen LogP contribution in [0.5, 0.6) is 5.75 Å². The molecule has 4 aromatic rings. The van der Waals surface area contributed by atoms with Crippen LogP contribution in [0.15, 0.2) is 76.3 Å². The average Bonchev–Trinajstić information content (AvgIpc) is 3.45. The highest BCUT2D eigenvalue weighted by atomic mass is 32.2. The van der Waals surface area contributed by atoms with Gasteiger partial charge in [-0.05, 0) is 36.4 Å². The fourth-order valence-electron chi connectivity index (χ4n) is 2.90. The molecule has 7 nitrogen and oxygen atoms in total. The molecule has 2 aromatic carbocycles. The Morgan fingerprint density at radius 1 is 1.00 bits per heavy atom. The van der Waals surface area contributed by atoms with E-state index in [9.17, 15) is 4.79 Å². The molecule has 0 saturated heterocycles. The van der Waals surface area contributed by atoms with Gasteiger partial charge in [0, 0.05) is 11.3 Å². The molecule has 0 N–H and O–H groups in total. The van der Waals surface area contributed by atoms with Crippen LogP contribution in [-0.2, 0) is 10.5 Å². The lowest BCUT2D eigenvalue weighted by Crippen LogP contribution is -2.00. The van der Waals surface area contributed by atoms with E-state index in [1.807, 2.05) is 59.2 Å². The van der Waals surface area contributed by atoms with Gasteiger partial charge in [0.25, 0.3) is 0 Å². The Hall–Kier alpha value is -3.52. The van der Waals surface area contributed by atoms with Gasteiger partial charge in [0.15, 0.2) is 11.0 Å². The molecule has 2 heterocycles. The molecule has 0 aliphatic carbocycles. The Morgan fingerprint density at radius 2 is 1.77 bits per heavy atom. The van der Waals surface area contributed by atoms with E-state index >= 15 is 0 Å². The topological polar surface area (TPSA) is 79.4 Å². The maximum Gasteiger partial charge on any atom is 0.373 e. The molecule has 0 aliphatic rings. The van der Waals surface area contributed by atoms with Gasteiger partial charge < -0.3 is 13.9 Å². The predicted molar refractivity (Wildman–Crippen MR) is 113 cm³/mol. The number of carbonyl (C=O) groups excluding carboxylic acids is 1. The summed E-state index contributed by atoms with van der Waals surface area (Å²) in [5.74, 6) is 2.31. The molecule has 8 heteroatoms. The van der Waals surface area contributed by atoms with E-state index in [-0.39, 0.29) is 5.76 Å². The lowest BCUT2D eigenvalue weighted by Gasteiger charge is -2.11. The molecule has 30 heavy (non-hydrogen) atoms. The number of nitrogens with zero attached hydrogens (tertiary/aromatic N) is 3. The summed E-state index contributed by atoms with van der Waals surface area (Å²) >= 11 is 1.47. The molecule has 2 aromatic heterocycles. The standard InChI is InChI=1S/C22H19N3O4S/c1-27-17-10-8-16(9-11-17)25-20(15-6-4-3-5-7-15)23-24-22(25)30-14-18-12-13-19(29-18)21(26)28-2/h3-13H,14H2,1-2H3. The summed E-state index contributed by atoms with van der Waals surface area (Å²) < 4.78 is 17.5. The largest absolute Gasteiger partial charge is 0.497 e. The molecule has 0 bridgehead atoms. The van der Waals surface area contributed by atoms with E-state index in [4.69, 9.17) is 9.15 Å². The fourth-order valence-corrected chi connectivity index (χ4v) is 3.75. The molecule has 4 rings (SSSR count). The first-order valence-electron chi connectivity index (χ1n) is 9.14. The van der Waals surface area contributed by atoms with E-state index in [0.717, 1.165) is 22.8 Å². The molecular weight excluding hydrogens is 402 g/mol. The maximum absolute atomic E-state index is 11.6. The average molecular weight is 421 g/mol. The Kier molecular flexibility index (Phi) is 5.85. The van der Waals surface area contributed by atoms with E-state index in [1.165, 1.54) is 18.9 Å². The van der Waals surface area contributed by atoms with Crippen LogP contribution in [-0.4, -0.2) is 35.0 Å². The highest BCUT2D eigenvalue weighted by molar-refractivity contribution is 7.98. The van der Waals surface area contributed by atoms with Gasteiger partial charge >= 0.3 is 5.97 Å². The number of methoxy groups -OCH3 is 2. The van der Waals surface area contributed by atoms with Gasteiger partial charge in [0.2, 0.25) is 5.76 Å². The monoisotopic (exact) mass is 421 g/mol. The van der Waals surface area contributed by atoms with Crippen molar-refractivity contribution in [3.63, 3.8) is 0 Å². The molecule has 0 atom stereocenters. The fraction of sp³-hybridized carbons (Fsp3) is 0.136. The number of esters is 1. The Bertz CT molecular complexity index is 1140. The minimum atomic E-state index is -0.501. The zero-order valence-corrected chi connectivity index (χ0v) is 17.3. The second kappa shape index (κ2) is 8.87. The van der Waals surface area contributed by atoms with Crippen molar-refractivity contribution in [2.45, 2.75) is 10.9 Å². The van der Waals surface area contributed by atoms with Gasteiger partial charge in [0.05, 0.1) is 20.0 Å².